The zero-order chi connectivity index (χ0) is 9.14. The first-order chi connectivity index (χ1) is 5.65. The quantitative estimate of drug-likeness (QED) is 0.820. The third kappa shape index (κ3) is 2.45. The van der Waals surface area contributed by atoms with Crippen LogP contribution in [0.15, 0.2) is 25.6 Å². The molecule has 0 atom stereocenters. The molecule has 5 heteroatoms. The Hall–Kier alpha value is 0.420. The summed E-state index contributed by atoms with van der Waals surface area (Å²) < 4.78 is 7.48. The van der Waals surface area contributed by atoms with Crippen LogP contribution in [0.4, 0.5) is 0 Å². The Bertz CT molecular complexity index is 265. The number of aliphatic hydroxyl groups excluding tert-OH is 1. The van der Waals surface area contributed by atoms with Crippen molar-refractivity contribution in [3.8, 4) is 5.75 Å². The Balaban J connectivity index is 3.10. The molecule has 66 valence electrons. The van der Waals surface area contributed by atoms with Crippen LogP contribution in [0, 0.1) is 0 Å². The topological polar surface area (TPSA) is 29.5 Å². The summed E-state index contributed by atoms with van der Waals surface area (Å²) in [4.78, 5) is 0. The summed E-state index contributed by atoms with van der Waals surface area (Å²) in [5.74, 6) is 0.598. The molecule has 1 aromatic rings. The van der Waals surface area contributed by atoms with Gasteiger partial charge in [-0.1, -0.05) is 15.9 Å². The lowest BCUT2D eigenvalue weighted by molar-refractivity contribution is 0.0970. The molecule has 0 fully saturated rings. The minimum absolute atomic E-state index is 0.334. The molecule has 0 aliphatic rings. The molecule has 0 heterocycles. The molecule has 2 nitrogen and oxygen atoms in total. The maximum atomic E-state index is 8.56. The molecule has 0 radical (unpaired) electrons. The SMILES string of the molecule is OCOc1c(Br)cc(Br)cc1Br. The molecular weight excluding hydrogens is 356 g/mol. The molecule has 0 saturated heterocycles. The lowest BCUT2D eigenvalue weighted by Crippen LogP contribution is -1.96. The Morgan fingerprint density at radius 2 is 1.67 bits per heavy atom. The molecule has 0 aromatic heterocycles. The standard InChI is InChI=1S/C7H5Br3O2/c8-4-1-5(9)7(12-3-11)6(10)2-4/h1-2,11H,3H2. The third-order valence-corrected chi connectivity index (χ3v) is 2.81. The van der Waals surface area contributed by atoms with Gasteiger partial charge in [-0.25, -0.2) is 0 Å². The molecule has 0 saturated carbocycles. The van der Waals surface area contributed by atoms with E-state index in [9.17, 15) is 0 Å². The van der Waals surface area contributed by atoms with Crippen LogP contribution in [0.3, 0.4) is 0 Å². The summed E-state index contributed by atoms with van der Waals surface area (Å²) in [5, 5.41) is 8.56. The monoisotopic (exact) mass is 358 g/mol. The number of hydrogen-bond donors (Lipinski definition) is 1. The Morgan fingerprint density at radius 3 is 2.08 bits per heavy atom. The fraction of sp³-hybridized carbons (Fsp3) is 0.143. The van der Waals surface area contributed by atoms with Crippen LogP contribution in [0.1, 0.15) is 0 Å². The minimum atomic E-state index is -0.334. The summed E-state index contributed by atoms with van der Waals surface area (Å²) in [7, 11) is 0. The Kier molecular flexibility index (Phi) is 4.02. The van der Waals surface area contributed by atoms with E-state index in [-0.39, 0.29) is 6.79 Å². The fourth-order valence-corrected chi connectivity index (χ4v) is 3.22. The summed E-state index contributed by atoms with van der Waals surface area (Å²) in [6.07, 6.45) is 0. The van der Waals surface area contributed by atoms with Gasteiger partial charge >= 0.3 is 0 Å². The van der Waals surface area contributed by atoms with Crippen molar-refractivity contribution in [3.05, 3.63) is 25.6 Å². The number of benzene rings is 1. The highest BCUT2D eigenvalue weighted by molar-refractivity contribution is 9.11. The molecule has 1 aromatic carbocycles. The van der Waals surface area contributed by atoms with Gasteiger partial charge in [-0.3, -0.25) is 0 Å². The highest BCUT2D eigenvalue weighted by Crippen LogP contribution is 2.36. The number of aliphatic hydroxyl groups is 1. The predicted molar refractivity (Wildman–Crippen MR) is 57.3 cm³/mol. The van der Waals surface area contributed by atoms with Gasteiger partial charge < -0.3 is 9.84 Å². The number of rotatable bonds is 2. The average Bonchev–Trinajstić information content (AvgIpc) is 1.96. The maximum Gasteiger partial charge on any atom is 0.186 e. The van der Waals surface area contributed by atoms with Crippen molar-refractivity contribution in [2.24, 2.45) is 0 Å². The first-order valence-electron chi connectivity index (χ1n) is 3.03. The average molecular weight is 361 g/mol. The summed E-state index contributed by atoms with van der Waals surface area (Å²) in [6, 6.07) is 3.69. The molecule has 1 rings (SSSR count). The zero-order valence-electron chi connectivity index (χ0n) is 5.85. The summed E-state index contributed by atoms with van der Waals surface area (Å²) in [6.45, 7) is -0.334. The van der Waals surface area contributed by atoms with Crippen LogP contribution < -0.4 is 4.74 Å². The van der Waals surface area contributed by atoms with Crippen molar-refractivity contribution in [1.29, 1.82) is 0 Å². The lowest BCUT2D eigenvalue weighted by atomic mass is 10.3. The van der Waals surface area contributed by atoms with Gasteiger partial charge in [-0.05, 0) is 44.0 Å². The largest absolute Gasteiger partial charge is 0.465 e. The van der Waals surface area contributed by atoms with Crippen molar-refractivity contribution >= 4 is 47.8 Å². The summed E-state index contributed by atoms with van der Waals surface area (Å²) >= 11 is 9.93. The molecular formula is C7H5Br3O2. The second-order valence-electron chi connectivity index (χ2n) is 1.97. The van der Waals surface area contributed by atoms with Gasteiger partial charge in [0.2, 0.25) is 0 Å². The van der Waals surface area contributed by atoms with Gasteiger partial charge in [-0.2, -0.15) is 0 Å². The first kappa shape index (κ1) is 10.5. The van der Waals surface area contributed by atoms with E-state index in [2.05, 4.69) is 47.8 Å². The van der Waals surface area contributed by atoms with E-state index in [1.807, 2.05) is 12.1 Å². The van der Waals surface area contributed by atoms with Crippen molar-refractivity contribution in [2.75, 3.05) is 6.79 Å². The van der Waals surface area contributed by atoms with Gasteiger partial charge in [0.1, 0.15) is 0 Å². The number of ether oxygens (including phenoxy) is 1. The first-order valence-corrected chi connectivity index (χ1v) is 5.41. The van der Waals surface area contributed by atoms with Crippen molar-refractivity contribution in [1.82, 2.24) is 0 Å². The van der Waals surface area contributed by atoms with Crippen LogP contribution >= 0.6 is 47.8 Å². The smallest absolute Gasteiger partial charge is 0.186 e. The van der Waals surface area contributed by atoms with E-state index < -0.39 is 0 Å². The molecule has 0 unspecified atom stereocenters. The molecule has 0 aliphatic carbocycles. The third-order valence-electron chi connectivity index (χ3n) is 1.17. The second-order valence-corrected chi connectivity index (χ2v) is 4.60. The van der Waals surface area contributed by atoms with Crippen LogP contribution in [-0.2, 0) is 0 Å². The van der Waals surface area contributed by atoms with E-state index in [0.717, 1.165) is 13.4 Å². The van der Waals surface area contributed by atoms with E-state index in [1.54, 1.807) is 0 Å². The van der Waals surface area contributed by atoms with Gasteiger partial charge in [-0.15, -0.1) is 0 Å². The highest BCUT2D eigenvalue weighted by Gasteiger charge is 2.06. The normalized spacial score (nSPS) is 10.0. The molecule has 1 N–H and O–H groups in total. The van der Waals surface area contributed by atoms with Crippen molar-refractivity contribution in [3.63, 3.8) is 0 Å². The minimum Gasteiger partial charge on any atom is -0.465 e. The van der Waals surface area contributed by atoms with Crippen LogP contribution in [0.25, 0.3) is 0 Å². The van der Waals surface area contributed by atoms with Crippen LogP contribution in [0.5, 0.6) is 5.75 Å². The maximum absolute atomic E-state index is 8.56. The van der Waals surface area contributed by atoms with Crippen LogP contribution in [-0.4, -0.2) is 11.9 Å². The Morgan fingerprint density at radius 1 is 1.17 bits per heavy atom. The van der Waals surface area contributed by atoms with Gasteiger partial charge in [0.15, 0.2) is 12.5 Å². The highest BCUT2D eigenvalue weighted by atomic mass is 79.9. The fourth-order valence-electron chi connectivity index (χ4n) is 0.731. The van der Waals surface area contributed by atoms with Crippen molar-refractivity contribution < 1.29 is 9.84 Å². The molecule has 0 bridgehead atoms. The zero-order valence-corrected chi connectivity index (χ0v) is 10.6. The van der Waals surface area contributed by atoms with Gasteiger partial charge in [0, 0.05) is 4.47 Å². The second kappa shape index (κ2) is 4.60. The van der Waals surface area contributed by atoms with Crippen molar-refractivity contribution in [2.45, 2.75) is 0 Å². The molecule has 0 aliphatic heterocycles. The number of hydrogen-bond acceptors (Lipinski definition) is 2. The van der Waals surface area contributed by atoms with E-state index in [4.69, 9.17) is 9.84 Å². The molecule has 0 amide bonds. The van der Waals surface area contributed by atoms with Gasteiger partial charge in [0.05, 0.1) is 8.95 Å². The van der Waals surface area contributed by atoms with E-state index in [0.29, 0.717) is 5.75 Å². The van der Waals surface area contributed by atoms with Gasteiger partial charge in [0.25, 0.3) is 0 Å². The number of halogens is 3. The predicted octanol–water partition coefficient (Wildman–Crippen LogP) is 3.30. The molecule has 12 heavy (non-hydrogen) atoms. The lowest BCUT2D eigenvalue weighted by Gasteiger charge is -2.07. The summed E-state index contributed by atoms with van der Waals surface area (Å²) in [5.41, 5.74) is 0. The van der Waals surface area contributed by atoms with E-state index >= 15 is 0 Å². The van der Waals surface area contributed by atoms with Crippen LogP contribution in [0.2, 0.25) is 0 Å². The Labute approximate surface area is 95.3 Å². The van der Waals surface area contributed by atoms with E-state index in [1.165, 1.54) is 0 Å². The molecule has 0 spiro atoms.